The van der Waals surface area contributed by atoms with Crippen LogP contribution in [0.2, 0.25) is 5.02 Å². The molecule has 0 aliphatic heterocycles. The minimum Gasteiger partial charge on any atom is -0.384 e. The first-order chi connectivity index (χ1) is 12.5. The molecule has 0 aliphatic carbocycles. The molecule has 0 spiro atoms. The van der Waals surface area contributed by atoms with Crippen LogP contribution in [-0.4, -0.2) is 21.4 Å². The molecule has 0 radical (unpaired) electrons. The van der Waals surface area contributed by atoms with Gasteiger partial charge in [-0.2, -0.15) is 5.10 Å². The second-order valence-electron chi connectivity index (χ2n) is 6.05. The number of nitrogens with zero attached hydrogens (tertiary/aromatic N) is 2. The van der Waals surface area contributed by atoms with E-state index in [-0.39, 0.29) is 11.6 Å². The lowest BCUT2D eigenvalue weighted by Crippen LogP contribution is -2.10. The number of carbonyl (C=O) groups excluding carboxylic acids is 1. The van der Waals surface area contributed by atoms with Gasteiger partial charge in [0.25, 0.3) is 0 Å². The minimum atomic E-state index is 0.0403. The summed E-state index contributed by atoms with van der Waals surface area (Å²) in [6.07, 6.45) is 4.38. The molecule has 0 fully saturated rings. The summed E-state index contributed by atoms with van der Waals surface area (Å²) in [5.41, 5.74) is 8.71. The Hall–Kier alpha value is -2.92. The van der Waals surface area contributed by atoms with Gasteiger partial charge in [-0.3, -0.25) is 14.9 Å². The third kappa shape index (κ3) is 4.37. The van der Waals surface area contributed by atoms with Gasteiger partial charge in [0.2, 0.25) is 0 Å². The number of ketones is 1. The highest BCUT2D eigenvalue weighted by Gasteiger charge is 2.10. The van der Waals surface area contributed by atoms with Crippen LogP contribution in [0.5, 0.6) is 0 Å². The summed E-state index contributed by atoms with van der Waals surface area (Å²) < 4.78 is 1.72. The number of nitrogen functional groups attached to an aromatic ring is 1. The Morgan fingerprint density at radius 2 is 1.85 bits per heavy atom. The molecule has 26 heavy (non-hydrogen) atoms. The Morgan fingerprint density at radius 1 is 1.12 bits per heavy atom. The molecule has 3 aromatic rings. The molecule has 0 saturated heterocycles. The molecular formula is C20H19ClN4O. The summed E-state index contributed by atoms with van der Waals surface area (Å²) in [7, 11) is 0. The number of nitrogens with two attached hydrogens (primary N) is 1. The molecule has 2 aromatic carbocycles. The number of aryl methyl sites for hydroxylation is 1. The zero-order chi connectivity index (χ0) is 18.5. The van der Waals surface area contributed by atoms with Gasteiger partial charge in [0, 0.05) is 23.2 Å². The van der Waals surface area contributed by atoms with Crippen LogP contribution in [0, 0.1) is 5.41 Å². The molecular weight excluding hydrogens is 348 g/mol. The van der Waals surface area contributed by atoms with Crippen LogP contribution < -0.4 is 5.73 Å². The van der Waals surface area contributed by atoms with Crippen LogP contribution in [0.1, 0.15) is 33.5 Å². The zero-order valence-corrected chi connectivity index (χ0v) is 14.9. The summed E-state index contributed by atoms with van der Waals surface area (Å²) in [4.78, 5) is 12.4. The maximum atomic E-state index is 12.4. The molecule has 5 nitrogen and oxygen atoms in total. The van der Waals surface area contributed by atoms with E-state index in [1.807, 2.05) is 36.4 Å². The van der Waals surface area contributed by atoms with Crippen LogP contribution in [0.3, 0.4) is 0 Å². The van der Waals surface area contributed by atoms with Crippen LogP contribution in [0.15, 0.2) is 60.9 Å². The highest BCUT2D eigenvalue weighted by Crippen LogP contribution is 2.16. The predicted octanol–water partition coefficient (Wildman–Crippen LogP) is 3.68. The number of rotatable bonds is 7. The van der Waals surface area contributed by atoms with Gasteiger partial charge in [-0.25, -0.2) is 0 Å². The van der Waals surface area contributed by atoms with Crippen molar-refractivity contribution in [1.82, 2.24) is 9.78 Å². The second-order valence-corrected chi connectivity index (χ2v) is 6.46. The highest BCUT2D eigenvalue weighted by molar-refractivity contribution is 6.31. The van der Waals surface area contributed by atoms with Gasteiger partial charge < -0.3 is 5.73 Å². The van der Waals surface area contributed by atoms with E-state index in [1.165, 1.54) is 0 Å². The summed E-state index contributed by atoms with van der Waals surface area (Å²) in [5.74, 6) is 0.0876. The van der Waals surface area contributed by atoms with Crippen molar-refractivity contribution in [2.24, 2.45) is 5.73 Å². The normalized spacial score (nSPS) is 10.7. The predicted molar refractivity (Wildman–Crippen MR) is 103 cm³/mol. The minimum absolute atomic E-state index is 0.0403. The summed E-state index contributed by atoms with van der Waals surface area (Å²) in [5, 5.41) is 12.3. The van der Waals surface area contributed by atoms with Crippen molar-refractivity contribution < 1.29 is 4.79 Å². The molecule has 0 unspecified atom stereocenters. The lowest BCUT2D eigenvalue weighted by Gasteiger charge is -2.04. The number of hydrogen-bond acceptors (Lipinski definition) is 3. The standard InChI is InChI=1S/C20H19ClN4O/c21-18-4-2-1-3-16(18)12-25-13-17(11-24-25)19(26)10-7-14-5-8-15(9-6-14)20(22)23/h1-6,8-9,11,13H,7,10,12H2,(H3,22,23). The van der Waals surface area contributed by atoms with Gasteiger partial charge in [0.05, 0.1) is 18.3 Å². The Morgan fingerprint density at radius 3 is 2.54 bits per heavy atom. The van der Waals surface area contributed by atoms with Gasteiger partial charge in [-0.1, -0.05) is 54.1 Å². The molecule has 0 bridgehead atoms. The van der Waals surface area contributed by atoms with Crippen LogP contribution in [0.4, 0.5) is 0 Å². The molecule has 0 atom stereocenters. The third-order valence-corrected chi connectivity index (χ3v) is 4.52. The molecule has 6 heteroatoms. The molecule has 3 N–H and O–H groups in total. The maximum Gasteiger partial charge on any atom is 0.166 e. The molecule has 3 rings (SSSR count). The van der Waals surface area contributed by atoms with E-state index in [1.54, 1.807) is 29.2 Å². The Labute approximate surface area is 156 Å². The summed E-state index contributed by atoms with van der Waals surface area (Å²) in [6, 6.07) is 15.0. The SMILES string of the molecule is N=C(N)c1ccc(CCC(=O)c2cnn(Cc3ccccc3Cl)c2)cc1. The topological polar surface area (TPSA) is 84.8 Å². The van der Waals surface area contributed by atoms with E-state index in [0.29, 0.717) is 35.5 Å². The second kappa shape index (κ2) is 7.97. The summed E-state index contributed by atoms with van der Waals surface area (Å²) >= 11 is 6.16. The van der Waals surface area contributed by atoms with Crippen molar-refractivity contribution in [3.8, 4) is 0 Å². The molecule has 0 saturated carbocycles. The van der Waals surface area contributed by atoms with E-state index in [4.69, 9.17) is 22.7 Å². The first kappa shape index (κ1) is 17.9. The van der Waals surface area contributed by atoms with Crippen molar-refractivity contribution in [1.29, 1.82) is 5.41 Å². The number of hydrogen-bond donors (Lipinski definition) is 2. The average Bonchev–Trinajstić information content (AvgIpc) is 3.10. The van der Waals surface area contributed by atoms with Crippen molar-refractivity contribution in [2.75, 3.05) is 0 Å². The third-order valence-electron chi connectivity index (χ3n) is 4.15. The van der Waals surface area contributed by atoms with Gasteiger partial charge >= 0.3 is 0 Å². The van der Waals surface area contributed by atoms with E-state index in [0.717, 1.165) is 11.1 Å². The van der Waals surface area contributed by atoms with Gasteiger partial charge in [0.15, 0.2) is 5.78 Å². The Balaban J connectivity index is 1.59. The fourth-order valence-electron chi connectivity index (χ4n) is 2.65. The van der Waals surface area contributed by atoms with E-state index in [2.05, 4.69) is 5.10 Å². The van der Waals surface area contributed by atoms with E-state index < -0.39 is 0 Å². The molecule has 1 heterocycles. The lowest BCUT2D eigenvalue weighted by atomic mass is 10.0. The van der Waals surface area contributed by atoms with Crippen LogP contribution in [-0.2, 0) is 13.0 Å². The van der Waals surface area contributed by atoms with Crippen LogP contribution >= 0.6 is 11.6 Å². The molecule has 132 valence electrons. The van der Waals surface area contributed by atoms with E-state index >= 15 is 0 Å². The largest absolute Gasteiger partial charge is 0.384 e. The summed E-state index contributed by atoms with van der Waals surface area (Å²) in [6.45, 7) is 0.527. The molecule has 1 aromatic heterocycles. The average molecular weight is 367 g/mol. The first-order valence-electron chi connectivity index (χ1n) is 8.25. The van der Waals surface area contributed by atoms with Gasteiger partial charge in [-0.15, -0.1) is 0 Å². The van der Waals surface area contributed by atoms with Crippen molar-refractivity contribution in [3.63, 3.8) is 0 Å². The smallest absolute Gasteiger partial charge is 0.166 e. The fourth-order valence-corrected chi connectivity index (χ4v) is 2.84. The fraction of sp³-hybridized carbons (Fsp3) is 0.150. The van der Waals surface area contributed by atoms with Crippen molar-refractivity contribution >= 4 is 23.2 Å². The molecule has 0 aliphatic rings. The number of carbonyl (C=O) groups is 1. The number of halogens is 1. The van der Waals surface area contributed by atoms with Crippen LogP contribution in [0.25, 0.3) is 0 Å². The van der Waals surface area contributed by atoms with E-state index in [9.17, 15) is 4.79 Å². The van der Waals surface area contributed by atoms with Gasteiger partial charge in [-0.05, 0) is 23.6 Å². The number of benzene rings is 2. The molecule has 0 amide bonds. The lowest BCUT2D eigenvalue weighted by molar-refractivity contribution is 0.0982. The Kier molecular flexibility index (Phi) is 5.49. The maximum absolute atomic E-state index is 12.4. The number of aromatic nitrogens is 2. The van der Waals surface area contributed by atoms with Gasteiger partial charge in [0.1, 0.15) is 5.84 Å². The first-order valence-corrected chi connectivity index (χ1v) is 8.63. The monoisotopic (exact) mass is 366 g/mol. The quantitative estimate of drug-likeness (QED) is 0.380. The number of amidine groups is 1. The Bertz CT molecular complexity index is 931. The zero-order valence-electron chi connectivity index (χ0n) is 14.2. The van der Waals surface area contributed by atoms with Crippen molar-refractivity contribution in [2.45, 2.75) is 19.4 Å². The highest BCUT2D eigenvalue weighted by atomic mass is 35.5. The van der Waals surface area contributed by atoms with Crippen molar-refractivity contribution in [3.05, 3.63) is 88.2 Å². The number of Topliss-reactive ketones (excluding diaryl/α,β-unsaturated/α-hetero) is 1. The number of nitrogens with one attached hydrogen (secondary N) is 1.